The predicted molar refractivity (Wildman–Crippen MR) is 158 cm³/mol. The number of rotatable bonds is 20. The van der Waals surface area contributed by atoms with Crippen LogP contribution in [0, 0.1) is 0 Å². The molecule has 0 radical (unpaired) electrons. The SMILES string of the molecule is CCCCCCCCCCCCCCOc1ccc(COC(=O)N(Cc2ccc[n+](CC)c2)C(C)=O)cc1OC. The van der Waals surface area contributed by atoms with Gasteiger partial charge >= 0.3 is 6.09 Å². The van der Waals surface area contributed by atoms with Crippen LogP contribution in [0.1, 0.15) is 109 Å². The van der Waals surface area contributed by atoms with Crippen molar-refractivity contribution in [2.75, 3.05) is 13.7 Å². The summed E-state index contributed by atoms with van der Waals surface area (Å²) in [7, 11) is 1.60. The van der Waals surface area contributed by atoms with Gasteiger partial charge in [-0.15, -0.1) is 0 Å². The van der Waals surface area contributed by atoms with Gasteiger partial charge in [0.1, 0.15) is 13.2 Å². The van der Waals surface area contributed by atoms with E-state index in [0.29, 0.717) is 18.1 Å². The first kappa shape index (κ1) is 33.1. The maximum atomic E-state index is 12.7. The zero-order valence-corrected chi connectivity index (χ0v) is 25.3. The molecule has 1 aromatic heterocycles. The van der Waals surface area contributed by atoms with E-state index in [9.17, 15) is 9.59 Å². The van der Waals surface area contributed by atoms with Gasteiger partial charge in [0.25, 0.3) is 0 Å². The van der Waals surface area contributed by atoms with Gasteiger partial charge < -0.3 is 14.2 Å². The van der Waals surface area contributed by atoms with E-state index in [1.807, 2.05) is 54.2 Å². The number of methoxy groups -OCH3 is 1. The zero-order chi connectivity index (χ0) is 29.0. The highest BCUT2D eigenvalue weighted by molar-refractivity contribution is 5.90. The van der Waals surface area contributed by atoms with Crippen LogP contribution < -0.4 is 14.0 Å². The first-order valence-corrected chi connectivity index (χ1v) is 15.2. The van der Waals surface area contributed by atoms with Crippen LogP contribution in [0.25, 0.3) is 0 Å². The zero-order valence-electron chi connectivity index (χ0n) is 25.3. The van der Waals surface area contributed by atoms with E-state index in [2.05, 4.69) is 6.92 Å². The number of hydrogen-bond donors (Lipinski definition) is 0. The molecule has 7 nitrogen and oxygen atoms in total. The van der Waals surface area contributed by atoms with E-state index >= 15 is 0 Å². The van der Waals surface area contributed by atoms with Crippen molar-refractivity contribution >= 4 is 12.0 Å². The highest BCUT2D eigenvalue weighted by atomic mass is 16.6. The van der Waals surface area contributed by atoms with Crippen molar-refractivity contribution in [3.05, 3.63) is 53.9 Å². The normalized spacial score (nSPS) is 10.8. The number of unbranched alkanes of at least 4 members (excludes halogenated alkanes) is 11. The Morgan fingerprint density at radius 1 is 0.825 bits per heavy atom. The lowest BCUT2D eigenvalue weighted by atomic mass is 10.1. The number of carbonyl (C=O) groups excluding carboxylic acids is 2. The lowest BCUT2D eigenvalue weighted by molar-refractivity contribution is -0.694. The molecule has 0 saturated carbocycles. The minimum absolute atomic E-state index is 0.0295. The van der Waals surface area contributed by atoms with Gasteiger partial charge in [-0.1, -0.05) is 83.6 Å². The molecule has 40 heavy (non-hydrogen) atoms. The molecule has 0 saturated heterocycles. The third-order valence-corrected chi connectivity index (χ3v) is 7.07. The number of ether oxygens (including phenoxy) is 3. The predicted octanol–water partition coefficient (Wildman–Crippen LogP) is 7.77. The van der Waals surface area contributed by atoms with E-state index in [0.717, 1.165) is 29.0 Å². The fraction of sp³-hybridized carbons (Fsp3) is 0.606. The number of benzene rings is 1. The van der Waals surface area contributed by atoms with E-state index in [1.54, 1.807) is 7.11 Å². The number of imide groups is 1. The van der Waals surface area contributed by atoms with E-state index in [1.165, 1.54) is 77.6 Å². The summed E-state index contributed by atoms with van der Waals surface area (Å²) in [6.07, 6.45) is 18.9. The molecule has 0 aliphatic heterocycles. The molecule has 0 fully saturated rings. The molecule has 1 aromatic carbocycles. The summed E-state index contributed by atoms with van der Waals surface area (Å²) in [5.74, 6) is 0.916. The molecule has 7 heteroatoms. The molecule has 0 atom stereocenters. The second-order valence-corrected chi connectivity index (χ2v) is 10.4. The highest BCUT2D eigenvalue weighted by Gasteiger charge is 2.21. The van der Waals surface area contributed by atoms with Gasteiger partial charge in [0.05, 0.1) is 20.3 Å². The van der Waals surface area contributed by atoms with Gasteiger partial charge in [0.15, 0.2) is 23.9 Å². The molecule has 0 aliphatic carbocycles. The Kier molecular flexibility index (Phi) is 16.5. The van der Waals surface area contributed by atoms with Crippen molar-refractivity contribution in [1.82, 2.24) is 4.90 Å². The standard InChI is InChI=1S/C33H51N2O5/c1-5-7-8-9-10-11-12-13-14-15-16-17-23-39-31-21-20-29(24-32(31)38-4)27-40-33(37)35(28(3)36)26-30-19-18-22-34(6-2)25-30/h18-22,24-25H,5-17,23,26-27H2,1-4H3/q+1. The summed E-state index contributed by atoms with van der Waals surface area (Å²) in [6, 6.07) is 9.29. The average Bonchev–Trinajstić information content (AvgIpc) is 2.97. The first-order chi connectivity index (χ1) is 19.5. The van der Waals surface area contributed by atoms with Gasteiger partial charge in [-0.2, -0.15) is 0 Å². The minimum atomic E-state index is -0.675. The molecule has 0 unspecified atom stereocenters. The van der Waals surface area contributed by atoms with Crippen LogP contribution in [0.2, 0.25) is 0 Å². The van der Waals surface area contributed by atoms with Gasteiger partial charge in [-0.25, -0.2) is 14.3 Å². The van der Waals surface area contributed by atoms with Crippen LogP contribution in [0.3, 0.4) is 0 Å². The number of carbonyl (C=O) groups is 2. The molecular formula is C33H51N2O5+. The summed E-state index contributed by atoms with van der Waals surface area (Å²) in [4.78, 5) is 26.0. The summed E-state index contributed by atoms with van der Waals surface area (Å²) in [6.45, 7) is 7.30. The molecule has 0 aliphatic rings. The highest BCUT2D eigenvalue weighted by Crippen LogP contribution is 2.29. The minimum Gasteiger partial charge on any atom is -0.493 e. The Hall–Kier alpha value is -3.09. The van der Waals surface area contributed by atoms with Crippen LogP contribution in [0.15, 0.2) is 42.7 Å². The lowest BCUT2D eigenvalue weighted by Crippen LogP contribution is -2.37. The number of aryl methyl sites for hydroxylation is 1. The fourth-order valence-electron chi connectivity index (χ4n) is 4.62. The number of hydrogen-bond acceptors (Lipinski definition) is 5. The maximum absolute atomic E-state index is 12.7. The number of amides is 2. The van der Waals surface area contributed by atoms with E-state index in [-0.39, 0.29) is 19.1 Å². The molecule has 2 rings (SSSR count). The number of nitrogens with zero attached hydrogens (tertiary/aromatic N) is 2. The summed E-state index contributed by atoms with van der Waals surface area (Å²) >= 11 is 0. The van der Waals surface area contributed by atoms with Gasteiger partial charge in [-0.05, 0) is 37.1 Å². The summed E-state index contributed by atoms with van der Waals surface area (Å²) in [5, 5.41) is 0. The maximum Gasteiger partial charge on any atom is 0.417 e. The molecule has 0 bridgehead atoms. The Labute approximate surface area is 241 Å². The van der Waals surface area contributed by atoms with Crippen LogP contribution in [0.5, 0.6) is 11.5 Å². The van der Waals surface area contributed by atoms with Crippen molar-refractivity contribution in [2.24, 2.45) is 0 Å². The Balaban J connectivity index is 1.70. The van der Waals surface area contributed by atoms with E-state index in [4.69, 9.17) is 14.2 Å². The lowest BCUT2D eigenvalue weighted by Gasteiger charge is -2.18. The summed E-state index contributed by atoms with van der Waals surface area (Å²) < 4.78 is 18.9. The second kappa shape index (κ2) is 19.9. The molecule has 0 spiro atoms. The van der Waals surface area contributed by atoms with Crippen LogP contribution in [-0.4, -0.2) is 30.6 Å². The molecule has 222 valence electrons. The quantitative estimate of drug-likeness (QED) is 0.123. The van der Waals surface area contributed by atoms with Crippen molar-refractivity contribution in [2.45, 2.75) is 118 Å². The van der Waals surface area contributed by atoms with Crippen LogP contribution in [0.4, 0.5) is 4.79 Å². The monoisotopic (exact) mass is 555 g/mol. The van der Waals surface area contributed by atoms with Crippen molar-refractivity contribution in [3.63, 3.8) is 0 Å². The second-order valence-electron chi connectivity index (χ2n) is 10.4. The first-order valence-electron chi connectivity index (χ1n) is 15.2. The van der Waals surface area contributed by atoms with Gasteiger partial charge in [0.2, 0.25) is 5.91 Å². The molecule has 2 amide bonds. The largest absolute Gasteiger partial charge is 0.493 e. The Morgan fingerprint density at radius 2 is 1.48 bits per heavy atom. The van der Waals surface area contributed by atoms with Crippen LogP contribution >= 0.6 is 0 Å². The average molecular weight is 556 g/mol. The van der Waals surface area contributed by atoms with Crippen molar-refractivity contribution in [3.8, 4) is 11.5 Å². The fourth-order valence-corrected chi connectivity index (χ4v) is 4.62. The van der Waals surface area contributed by atoms with Gasteiger partial charge in [0, 0.05) is 18.6 Å². The van der Waals surface area contributed by atoms with Crippen LogP contribution in [-0.2, 0) is 29.2 Å². The smallest absolute Gasteiger partial charge is 0.417 e. The van der Waals surface area contributed by atoms with E-state index < -0.39 is 6.09 Å². The summed E-state index contributed by atoms with van der Waals surface area (Å²) in [5.41, 5.74) is 1.61. The Morgan fingerprint density at radius 3 is 2.08 bits per heavy atom. The number of pyridine rings is 1. The molecular weight excluding hydrogens is 504 g/mol. The third-order valence-electron chi connectivity index (χ3n) is 7.07. The molecule has 1 heterocycles. The third kappa shape index (κ3) is 12.8. The van der Waals surface area contributed by atoms with Crippen molar-refractivity contribution < 1.29 is 28.4 Å². The number of aromatic nitrogens is 1. The van der Waals surface area contributed by atoms with Crippen molar-refractivity contribution in [1.29, 1.82) is 0 Å². The van der Waals surface area contributed by atoms with Gasteiger partial charge in [-0.3, -0.25) is 4.79 Å². The topological polar surface area (TPSA) is 69.0 Å². The Bertz CT molecular complexity index is 1010. The molecule has 0 N–H and O–H groups in total. The molecule has 2 aromatic rings.